The monoisotopic (exact) mass is 232 g/mol. The summed E-state index contributed by atoms with van der Waals surface area (Å²) >= 11 is 0. The molecule has 0 saturated heterocycles. The van der Waals surface area contributed by atoms with E-state index in [1.807, 2.05) is 19.1 Å². The zero-order valence-corrected chi connectivity index (χ0v) is 10.5. The zero-order chi connectivity index (χ0) is 12.6. The quantitative estimate of drug-likeness (QED) is 0.836. The van der Waals surface area contributed by atoms with Crippen molar-refractivity contribution < 1.29 is 9.53 Å². The van der Waals surface area contributed by atoms with Gasteiger partial charge in [-0.1, -0.05) is 0 Å². The molecule has 2 aromatic rings. The standard InChI is InChI=1S/C13H16N2O2/c1-7-8(2)14-11-6-13(17-4)12(5-10(7)11)15-9(3)16/h5-6,14H,1-4H3,(H,15,16). The summed E-state index contributed by atoms with van der Waals surface area (Å²) in [5.41, 5.74) is 4.04. The van der Waals surface area contributed by atoms with Crippen molar-refractivity contribution in [3.63, 3.8) is 0 Å². The van der Waals surface area contributed by atoms with Crippen molar-refractivity contribution >= 4 is 22.5 Å². The zero-order valence-electron chi connectivity index (χ0n) is 10.5. The van der Waals surface area contributed by atoms with Gasteiger partial charge < -0.3 is 15.0 Å². The number of carbonyl (C=O) groups is 1. The van der Waals surface area contributed by atoms with E-state index in [-0.39, 0.29) is 5.91 Å². The molecule has 4 nitrogen and oxygen atoms in total. The van der Waals surface area contributed by atoms with Crippen LogP contribution in [0.3, 0.4) is 0 Å². The highest BCUT2D eigenvalue weighted by Gasteiger charge is 2.11. The maximum absolute atomic E-state index is 11.1. The molecule has 0 aliphatic rings. The van der Waals surface area contributed by atoms with E-state index in [0.29, 0.717) is 11.4 Å². The van der Waals surface area contributed by atoms with E-state index in [0.717, 1.165) is 16.6 Å². The summed E-state index contributed by atoms with van der Waals surface area (Å²) in [6.45, 7) is 5.57. The van der Waals surface area contributed by atoms with Gasteiger partial charge in [0.1, 0.15) is 5.75 Å². The van der Waals surface area contributed by atoms with Gasteiger partial charge in [0, 0.05) is 29.6 Å². The molecule has 90 valence electrons. The van der Waals surface area contributed by atoms with Crippen molar-refractivity contribution in [2.75, 3.05) is 12.4 Å². The molecule has 0 saturated carbocycles. The smallest absolute Gasteiger partial charge is 0.221 e. The number of nitrogens with one attached hydrogen (secondary N) is 2. The van der Waals surface area contributed by atoms with Crippen molar-refractivity contribution in [3.8, 4) is 5.75 Å². The Morgan fingerprint density at radius 2 is 2.06 bits per heavy atom. The predicted molar refractivity (Wildman–Crippen MR) is 68.6 cm³/mol. The Morgan fingerprint density at radius 1 is 1.35 bits per heavy atom. The SMILES string of the molecule is COc1cc2[nH]c(C)c(C)c2cc1NC(C)=O. The number of benzene rings is 1. The Balaban J connectivity index is 2.65. The number of aromatic nitrogens is 1. The Morgan fingerprint density at radius 3 is 2.65 bits per heavy atom. The van der Waals surface area contributed by atoms with E-state index < -0.39 is 0 Å². The van der Waals surface area contributed by atoms with Gasteiger partial charge in [-0.2, -0.15) is 0 Å². The van der Waals surface area contributed by atoms with Gasteiger partial charge in [0.25, 0.3) is 0 Å². The van der Waals surface area contributed by atoms with E-state index in [4.69, 9.17) is 4.74 Å². The highest BCUT2D eigenvalue weighted by Crippen LogP contribution is 2.32. The molecule has 1 heterocycles. The first kappa shape index (κ1) is 11.5. The Kier molecular flexibility index (Phi) is 2.79. The van der Waals surface area contributed by atoms with Crippen LogP contribution in [0.25, 0.3) is 10.9 Å². The fourth-order valence-corrected chi connectivity index (χ4v) is 1.95. The first-order chi connectivity index (χ1) is 8.02. The molecule has 1 aromatic heterocycles. The fourth-order valence-electron chi connectivity index (χ4n) is 1.95. The average Bonchev–Trinajstić information content (AvgIpc) is 2.54. The first-order valence-electron chi connectivity index (χ1n) is 5.47. The molecule has 4 heteroatoms. The van der Waals surface area contributed by atoms with Crippen LogP contribution in [0.15, 0.2) is 12.1 Å². The summed E-state index contributed by atoms with van der Waals surface area (Å²) in [6, 6.07) is 3.84. The van der Waals surface area contributed by atoms with Crippen LogP contribution in [-0.2, 0) is 4.79 Å². The second kappa shape index (κ2) is 4.13. The third-order valence-electron chi connectivity index (χ3n) is 2.94. The number of amides is 1. The predicted octanol–water partition coefficient (Wildman–Crippen LogP) is 2.75. The van der Waals surface area contributed by atoms with Crippen LogP contribution in [0.1, 0.15) is 18.2 Å². The lowest BCUT2D eigenvalue weighted by Gasteiger charge is -2.09. The number of aromatic amines is 1. The fraction of sp³-hybridized carbons (Fsp3) is 0.308. The summed E-state index contributed by atoms with van der Waals surface area (Å²) < 4.78 is 5.27. The lowest BCUT2D eigenvalue weighted by molar-refractivity contribution is -0.114. The third-order valence-corrected chi connectivity index (χ3v) is 2.94. The summed E-state index contributed by atoms with van der Waals surface area (Å²) in [6.07, 6.45) is 0. The largest absolute Gasteiger partial charge is 0.494 e. The molecular formula is C13H16N2O2. The van der Waals surface area contributed by atoms with Crippen LogP contribution < -0.4 is 10.1 Å². The average molecular weight is 232 g/mol. The summed E-state index contributed by atoms with van der Waals surface area (Å²) in [5, 5.41) is 3.88. The normalized spacial score (nSPS) is 10.6. The molecule has 2 rings (SSSR count). The molecule has 0 radical (unpaired) electrons. The molecule has 0 bridgehead atoms. The van der Waals surface area contributed by atoms with Crippen LogP contribution in [0.5, 0.6) is 5.75 Å². The molecule has 1 amide bonds. The number of carbonyl (C=O) groups excluding carboxylic acids is 1. The lowest BCUT2D eigenvalue weighted by Crippen LogP contribution is -2.07. The number of H-pyrrole nitrogens is 1. The second-order valence-corrected chi connectivity index (χ2v) is 4.15. The van der Waals surface area contributed by atoms with Gasteiger partial charge in [0.15, 0.2) is 0 Å². The minimum Gasteiger partial charge on any atom is -0.494 e. The number of rotatable bonds is 2. The van der Waals surface area contributed by atoms with E-state index >= 15 is 0 Å². The van der Waals surface area contributed by atoms with Gasteiger partial charge in [-0.15, -0.1) is 0 Å². The van der Waals surface area contributed by atoms with Gasteiger partial charge in [-0.3, -0.25) is 4.79 Å². The van der Waals surface area contributed by atoms with Crippen molar-refractivity contribution in [1.29, 1.82) is 0 Å². The molecule has 2 N–H and O–H groups in total. The molecule has 0 unspecified atom stereocenters. The van der Waals surface area contributed by atoms with Crippen LogP contribution in [-0.4, -0.2) is 18.0 Å². The van der Waals surface area contributed by atoms with Gasteiger partial charge in [0.2, 0.25) is 5.91 Å². The van der Waals surface area contributed by atoms with E-state index in [9.17, 15) is 4.79 Å². The molecule has 0 atom stereocenters. The summed E-state index contributed by atoms with van der Waals surface area (Å²) in [5.74, 6) is 0.557. The Hall–Kier alpha value is -1.97. The molecule has 0 aliphatic heterocycles. The van der Waals surface area contributed by atoms with E-state index in [1.165, 1.54) is 12.5 Å². The number of fused-ring (bicyclic) bond motifs is 1. The Labute approximate surface area is 100.0 Å². The second-order valence-electron chi connectivity index (χ2n) is 4.15. The van der Waals surface area contributed by atoms with Gasteiger partial charge >= 0.3 is 0 Å². The first-order valence-corrected chi connectivity index (χ1v) is 5.47. The van der Waals surface area contributed by atoms with E-state index in [1.54, 1.807) is 7.11 Å². The van der Waals surface area contributed by atoms with Crippen molar-refractivity contribution in [1.82, 2.24) is 4.98 Å². The molecule has 0 fully saturated rings. The number of aryl methyl sites for hydroxylation is 2. The minimum absolute atomic E-state index is 0.104. The Bertz CT molecular complexity index is 585. The molecule has 0 spiro atoms. The number of anilines is 1. The maximum Gasteiger partial charge on any atom is 0.221 e. The van der Waals surface area contributed by atoms with Gasteiger partial charge in [-0.25, -0.2) is 0 Å². The summed E-state index contributed by atoms with van der Waals surface area (Å²) in [4.78, 5) is 14.4. The summed E-state index contributed by atoms with van der Waals surface area (Å²) in [7, 11) is 1.59. The van der Waals surface area contributed by atoms with E-state index in [2.05, 4.69) is 17.2 Å². The minimum atomic E-state index is -0.104. The van der Waals surface area contributed by atoms with Gasteiger partial charge in [-0.05, 0) is 25.5 Å². The van der Waals surface area contributed by atoms with Crippen LogP contribution in [0, 0.1) is 13.8 Å². The maximum atomic E-state index is 11.1. The highest BCUT2D eigenvalue weighted by atomic mass is 16.5. The molecule has 0 aliphatic carbocycles. The van der Waals surface area contributed by atoms with Gasteiger partial charge in [0.05, 0.1) is 12.8 Å². The number of hydrogen-bond acceptors (Lipinski definition) is 2. The third kappa shape index (κ3) is 1.98. The van der Waals surface area contributed by atoms with Crippen molar-refractivity contribution in [3.05, 3.63) is 23.4 Å². The molecule has 17 heavy (non-hydrogen) atoms. The molecular weight excluding hydrogens is 216 g/mol. The molecule has 1 aromatic carbocycles. The highest BCUT2D eigenvalue weighted by molar-refractivity contribution is 5.96. The topological polar surface area (TPSA) is 54.1 Å². The van der Waals surface area contributed by atoms with Crippen LogP contribution in [0.2, 0.25) is 0 Å². The number of hydrogen-bond donors (Lipinski definition) is 2. The number of ether oxygens (including phenoxy) is 1. The van der Waals surface area contributed by atoms with Crippen LogP contribution >= 0.6 is 0 Å². The van der Waals surface area contributed by atoms with Crippen LogP contribution in [0.4, 0.5) is 5.69 Å². The lowest BCUT2D eigenvalue weighted by atomic mass is 10.1. The van der Waals surface area contributed by atoms with Crippen molar-refractivity contribution in [2.45, 2.75) is 20.8 Å². The number of methoxy groups -OCH3 is 1. The van der Waals surface area contributed by atoms with Crippen molar-refractivity contribution in [2.24, 2.45) is 0 Å².